The molecule has 0 saturated heterocycles. The lowest BCUT2D eigenvalue weighted by Gasteiger charge is -2.06. The second-order valence-electron chi connectivity index (χ2n) is 4.85. The zero-order chi connectivity index (χ0) is 15.4. The van der Waals surface area contributed by atoms with Gasteiger partial charge in [0.15, 0.2) is 0 Å². The summed E-state index contributed by atoms with van der Waals surface area (Å²) in [6, 6.07) is 6.10. The number of carbonyl (C=O) groups is 1. The summed E-state index contributed by atoms with van der Waals surface area (Å²) in [4.78, 5) is 11.8. The topological polar surface area (TPSA) is 72.9 Å². The molecule has 1 amide bonds. The van der Waals surface area contributed by atoms with Crippen molar-refractivity contribution in [3.05, 3.63) is 47.0 Å². The Morgan fingerprint density at radius 1 is 1.32 bits per heavy atom. The number of nitrogens with zero attached hydrogens (tertiary/aromatic N) is 2. The normalized spacial score (nSPS) is 10.2. The molecule has 0 atom stereocenters. The number of hydrogen-bond donors (Lipinski definition) is 2. The Balaban J connectivity index is 0.00000242. The number of rotatable bonds is 5. The van der Waals surface area contributed by atoms with Gasteiger partial charge in [-0.2, -0.15) is 5.10 Å². The maximum absolute atomic E-state index is 13.0. The first-order valence-electron chi connectivity index (χ1n) is 6.80. The van der Waals surface area contributed by atoms with Crippen molar-refractivity contribution in [2.75, 3.05) is 13.1 Å². The minimum Gasteiger partial charge on any atom is -0.355 e. The highest BCUT2D eigenvalue weighted by molar-refractivity contribution is 5.85. The van der Waals surface area contributed by atoms with Crippen molar-refractivity contribution in [3.8, 4) is 5.69 Å². The van der Waals surface area contributed by atoms with Crippen molar-refractivity contribution in [1.29, 1.82) is 0 Å². The summed E-state index contributed by atoms with van der Waals surface area (Å²) in [6.07, 6.45) is 0.263. The minimum absolute atomic E-state index is 0. The SMILES string of the molecule is Cc1nn(-c2ccc(F)cc2)c(C)c1CC(=O)NCCN.Cl. The van der Waals surface area contributed by atoms with E-state index in [1.165, 1.54) is 12.1 Å². The molecule has 0 aliphatic heterocycles. The van der Waals surface area contributed by atoms with Crippen LogP contribution in [0.15, 0.2) is 24.3 Å². The van der Waals surface area contributed by atoms with Gasteiger partial charge in [-0.05, 0) is 38.1 Å². The summed E-state index contributed by atoms with van der Waals surface area (Å²) < 4.78 is 14.7. The summed E-state index contributed by atoms with van der Waals surface area (Å²) in [5.74, 6) is -0.369. The largest absolute Gasteiger partial charge is 0.355 e. The average Bonchev–Trinajstić information content (AvgIpc) is 2.74. The van der Waals surface area contributed by atoms with Crippen molar-refractivity contribution < 1.29 is 9.18 Å². The number of benzene rings is 1. The zero-order valence-corrected chi connectivity index (χ0v) is 13.4. The highest BCUT2D eigenvalue weighted by atomic mass is 35.5. The molecule has 0 bridgehead atoms. The summed E-state index contributed by atoms with van der Waals surface area (Å²) in [7, 11) is 0. The van der Waals surface area contributed by atoms with Crippen LogP contribution in [-0.2, 0) is 11.2 Å². The van der Waals surface area contributed by atoms with Crippen LogP contribution in [0, 0.1) is 19.7 Å². The van der Waals surface area contributed by atoms with Crippen molar-refractivity contribution in [3.63, 3.8) is 0 Å². The van der Waals surface area contributed by atoms with Crippen LogP contribution in [0.4, 0.5) is 4.39 Å². The smallest absolute Gasteiger partial charge is 0.224 e. The van der Waals surface area contributed by atoms with Crippen LogP contribution in [0.1, 0.15) is 17.0 Å². The first-order chi connectivity index (χ1) is 10.0. The lowest BCUT2D eigenvalue weighted by molar-refractivity contribution is -0.120. The highest BCUT2D eigenvalue weighted by Gasteiger charge is 2.15. The zero-order valence-electron chi connectivity index (χ0n) is 12.6. The van der Waals surface area contributed by atoms with E-state index in [1.807, 2.05) is 13.8 Å². The molecule has 0 radical (unpaired) electrons. The fourth-order valence-electron chi connectivity index (χ4n) is 2.20. The number of amides is 1. The third-order valence-electron chi connectivity index (χ3n) is 3.32. The monoisotopic (exact) mass is 326 g/mol. The van der Waals surface area contributed by atoms with Crippen LogP contribution in [0.25, 0.3) is 5.69 Å². The lowest BCUT2D eigenvalue weighted by atomic mass is 10.1. The number of nitrogens with one attached hydrogen (secondary N) is 1. The van der Waals surface area contributed by atoms with Crippen LogP contribution in [0.5, 0.6) is 0 Å². The van der Waals surface area contributed by atoms with Crippen LogP contribution < -0.4 is 11.1 Å². The molecule has 0 saturated carbocycles. The van der Waals surface area contributed by atoms with Gasteiger partial charge in [0.1, 0.15) is 5.82 Å². The Labute approximate surface area is 135 Å². The van der Waals surface area contributed by atoms with Crippen molar-refractivity contribution >= 4 is 18.3 Å². The molecular formula is C15H20ClFN4O. The van der Waals surface area contributed by atoms with E-state index in [9.17, 15) is 9.18 Å². The van der Waals surface area contributed by atoms with E-state index in [0.717, 1.165) is 22.6 Å². The number of halogens is 2. The molecule has 2 aromatic rings. The average molecular weight is 327 g/mol. The van der Waals surface area contributed by atoms with Crippen LogP contribution in [0.3, 0.4) is 0 Å². The summed E-state index contributed by atoms with van der Waals surface area (Å²) in [6.45, 7) is 4.63. The Morgan fingerprint density at radius 2 is 1.95 bits per heavy atom. The molecule has 0 spiro atoms. The molecule has 1 heterocycles. The molecule has 0 aliphatic carbocycles. The molecule has 3 N–H and O–H groups in total. The van der Waals surface area contributed by atoms with Gasteiger partial charge in [0.05, 0.1) is 17.8 Å². The lowest BCUT2D eigenvalue weighted by Crippen LogP contribution is -2.30. The van der Waals surface area contributed by atoms with Crippen molar-refractivity contribution in [1.82, 2.24) is 15.1 Å². The molecular weight excluding hydrogens is 307 g/mol. The predicted molar refractivity (Wildman–Crippen MR) is 86.0 cm³/mol. The second-order valence-corrected chi connectivity index (χ2v) is 4.85. The number of aryl methyl sites for hydroxylation is 1. The van der Waals surface area contributed by atoms with E-state index in [2.05, 4.69) is 10.4 Å². The van der Waals surface area contributed by atoms with Gasteiger partial charge >= 0.3 is 0 Å². The molecule has 0 fully saturated rings. The standard InChI is InChI=1S/C15H19FN4O.ClH/c1-10-14(9-15(21)18-8-7-17)11(2)20(19-10)13-5-3-12(16)4-6-13;/h3-6H,7-9,17H2,1-2H3,(H,18,21);1H. The Hall–Kier alpha value is -1.92. The van der Waals surface area contributed by atoms with Gasteiger partial charge in [0, 0.05) is 24.3 Å². The van der Waals surface area contributed by atoms with Gasteiger partial charge < -0.3 is 11.1 Å². The number of nitrogens with two attached hydrogens (primary N) is 1. The van der Waals surface area contributed by atoms with Gasteiger partial charge in [-0.15, -0.1) is 12.4 Å². The number of aromatic nitrogens is 2. The molecule has 2 rings (SSSR count). The first-order valence-corrected chi connectivity index (χ1v) is 6.80. The van der Waals surface area contributed by atoms with Crippen LogP contribution in [-0.4, -0.2) is 28.8 Å². The maximum Gasteiger partial charge on any atom is 0.224 e. The molecule has 7 heteroatoms. The molecule has 1 aromatic carbocycles. The molecule has 5 nitrogen and oxygen atoms in total. The van der Waals surface area contributed by atoms with Crippen molar-refractivity contribution in [2.24, 2.45) is 5.73 Å². The van der Waals surface area contributed by atoms with Gasteiger partial charge in [-0.25, -0.2) is 9.07 Å². The summed E-state index contributed by atoms with van der Waals surface area (Å²) in [5.41, 5.74) is 8.68. The molecule has 120 valence electrons. The third-order valence-corrected chi connectivity index (χ3v) is 3.32. The first kappa shape index (κ1) is 18.1. The third kappa shape index (κ3) is 4.05. The van der Waals surface area contributed by atoms with E-state index < -0.39 is 0 Å². The van der Waals surface area contributed by atoms with Gasteiger partial charge in [0.25, 0.3) is 0 Å². The van der Waals surface area contributed by atoms with Crippen LogP contribution >= 0.6 is 12.4 Å². The van der Waals surface area contributed by atoms with Gasteiger partial charge in [-0.3, -0.25) is 4.79 Å². The Morgan fingerprint density at radius 3 is 2.55 bits per heavy atom. The molecule has 0 unspecified atom stereocenters. The summed E-state index contributed by atoms with van der Waals surface area (Å²) >= 11 is 0. The molecule has 1 aromatic heterocycles. The van der Waals surface area contributed by atoms with E-state index in [4.69, 9.17) is 5.73 Å². The fourth-order valence-corrected chi connectivity index (χ4v) is 2.20. The minimum atomic E-state index is -0.290. The molecule has 0 aliphatic rings. The number of carbonyl (C=O) groups excluding carboxylic acids is 1. The number of hydrogen-bond acceptors (Lipinski definition) is 3. The van der Waals surface area contributed by atoms with E-state index >= 15 is 0 Å². The maximum atomic E-state index is 13.0. The van der Waals surface area contributed by atoms with Gasteiger partial charge in [0.2, 0.25) is 5.91 Å². The van der Waals surface area contributed by atoms with E-state index in [0.29, 0.717) is 13.1 Å². The molecule has 22 heavy (non-hydrogen) atoms. The summed E-state index contributed by atoms with van der Waals surface area (Å²) in [5, 5.41) is 7.17. The van der Waals surface area contributed by atoms with Crippen molar-refractivity contribution in [2.45, 2.75) is 20.3 Å². The Bertz CT molecular complexity index is 640. The predicted octanol–water partition coefficient (Wildman–Crippen LogP) is 1.67. The van der Waals surface area contributed by atoms with E-state index in [-0.39, 0.29) is 30.6 Å². The Kier molecular flexibility index (Phi) is 6.52. The van der Waals surface area contributed by atoms with Gasteiger partial charge in [-0.1, -0.05) is 0 Å². The van der Waals surface area contributed by atoms with Crippen LogP contribution in [0.2, 0.25) is 0 Å². The fraction of sp³-hybridized carbons (Fsp3) is 0.333. The van der Waals surface area contributed by atoms with E-state index in [1.54, 1.807) is 16.8 Å². The highest BCUT2D eigenvalue weighted by Crippen LogP contribution is 2.18. The quantitative estimate of drug-likeness (QED) is 0.877. The second kappa shape index (κ2) is 7.91.